The van der Waals surface area contributed by atoms with Crippen molar-refractivity contribution in [1.82, 2.24) is 10.2 Å². The standard InChI is InChI=1S/C20H25FN2O4/c21-16-8-3-4-9-17(16)27-13-5-11-22-18(24)10-12-23-19(25)14-6-1-2-7-15(14)20(23)26/h3-4,8-9,14-15H,1-2,5-7,10-13H2,(H,22,24)/t14-,15-/m0/s1. The number of benzene rings is 1. The van der Waals surface area contributed by atoms with Gasteiger partial charge in [-0.1, -0.05) is 25.0 Å². The van der Waals surface area contributed by atoms with Gasteiger partial charge in [-0.2, -0.15) is 0 Å². The Labute approximate surface area is 158 Å². The van der Waals surface area contributed by atoms with Crippen LogP contribution >= 0.6 is 0 Å². The van der Waals surface area contributed by atoms with Gasteiger partial charge in [-0.05, 0) is 31.4 Å². The molecule has 1 aliphatic heterocycles. The molecule has 27 heavy (non-hydrogen) atoms. The summed E-state index contributed by atoms with van der Waals surface area (Å²) in [6.07, 6.45) is 4.17. The minimum atomic E-state index is -0.415. The van der Waals surface area contributed by atoms with Gasteiger partial charge in [0.25, 0.3) is 0 Å². The highest BCUT2D eigenvalue weighted by molar-refractivity contribution is 6.05. The van der Waals surface area contributed by atoms with Crippen molar-refractivity contribution in [1.29, 1.82) is 0 Å². The Morgan fingerprint density at radius 2 is 1.81 bits per heavy atom. The average Bonchev–Trinajstić information content (AvgIpc) is 2.92. The third-order valence-corrected chi connectivity index (χ3v) is 5.23. The van der Waals surface area contributed by atoms with E-state index in [0.717, 1.165) is 25.7 Å². The molecule has 0 radical (unpaired) electrons. The summed E-state index contributed by atoms with van der Waals surface area (Å²) in [5, 5.41) is 2.74. The second kappa shape index (κ2) is 8.97. The molecule has 1 aromatic carbocycles. The molecular weight excluding hydrogens is 351 g/mol. The van der Waals surface area contributed by atoms with Crippen LogP contribution in [0, 0.1) is 17.7 Å². The monoisotopic (exact) mass is 376 g/mol. The Morgan fingerprint density at radius 3 is 2.48 bits per heavy atom. The van der Waals surface area contributed by atoms with E-state index < -0.39 is 5.82 Å². The molecular formula is C20H25FN2O4. The maximum atomic E-state index is 13.4. The number of nitrogens with zero attached hydrogens (tertiary/aromatic N) is 1. The van der Waals surface area contributed by atoms with Crippen molar-refractivity contribution in [2.45, 2.75) is 38.5 Å². The second-order valence-electron chi connectivity index (χ2n) is 7.06. The minimum Gasteiger partial charge on any atom is -0.490 e. The van der Waals surface area contributed by atoms with Gasteiger partial charge in [-0.25, -0.2) is 4.39 Å². The van der Waals surface area contributed by atoms with E-state index in [1.165, 1.54) is 11.0 Å². The van der Waals surface area contributed by atoms with Gasteiger partial charge < -0.3 is 10.1 Å². The summed E-state index contributed by atoms with van der Waals surface area (Å²) in [5.41, 5.74) is 0. The van der Waals surface area contributed by atoms with Crippen LogP contribution in [0.1, 0.15) is 38.5 Å². The van der Waals surface area contributed by atoms with E-state index in [0.29, 0.717) is 13.0 Å². The third-order valence-electron chi connectivity index (χ3n) is 5.23. The molecule has 7 heteroatoms. The molecule has 1 heterocycles. The van der Waals surface area contributed by atoms with Crippen molar-refractivity contribution in [3.63, 3.8) is 0 Å². The number of hydrogen-bond acceptors (Lipinski definition) is 4. The van der Waals surface area contributed by atoms with Crippen LogP contribution in [0.4, 0.5) is 4.39 Å². The highest BCUT2D eigenvalue weighted by Gasteiger charge is 2.47. The molecule has 1 saturated heterocycles. The summed E-state index contributed by atoms with van der Waals surface area (Å²) in [6, 6.07) is 6.16. The molecule has 1 saturated carbocycles. The summed E-state index contributed by atoms with van der Waals surface area (Å²) in [6.45, 7) is 0.816. The van der Waals surface area contributed by atoms with E-state index in [1.807, 2.05) is 0 Å². The van der Waals surface area contributed by atoms with E-state index in [1.54, 1.807) is 18.2 Å². The lowest BCUT2D eigenvalue weighted by Gasteiger charge is -2.19. The number of fused-ring (bicyclic) bond motifs is 1. The quantitative estimate of drug-likeness (QED) is 0.558. The van der Waals surface area contributed by atoms with Gasteiger partial charge in [0.15, 0.2) is 11.6 Å². The van der Waals surface area contributed by atoms with Crippen molar-refractivity contribution in [2.75, 3.05) is 19.7 Å². The number of rotatable bonds is 8. The first-order chi connectivity index (χ1) is 13.1. The molecule has 2 atom stereocenters. The van der Waals surface area contributed by atoms with Crippen molar-refractivity contribution < 1.29 is 23.5 Å². The Balaban J connectivity index is 1.33. The fraction of sp³-hybridized carbons (Fsp3) is 0.550. The first-order valence-electron chi connectivity index (χ1n) is 9.57. The number of halogens is 1. The van der Waals surface area contributed by atoms with Gasteiger partial charge in [-0.15, -0.1) is 0 Å². The zero-order chi connectivity index (χ0) is 19.2. The summed E-state index contributed by atoms with van der Waals surface area (Å²) in [4.78, 5) is 37.9. The predicted octanol–water partition coefficient (Wildman–Crippen LogP) is 2.28. The Bertz CT molecular complexity index is 685. The summed E-state index contributed by atoms with van der Waals surface area (Å²) < 4.78 is 18.7. The van der Waals surface area contributed by atoms with E-state index in [-0.39, 0.29) is 54.9 Å². The van der Waals surface area contributed by atoms with Crippen LogP contribution in [0.5, 0.6) is 5.75 Å². The fourth-order valence-corrected chi connectivity index (χ4v) is 3.80. The largest absolute Gasteiger partial charge is 0.490 e. The Hall–Kier alpha value is -2.44. The molecule has 1 aliphatic carbocycles. The molecule has 0 unspecified atom stereocenters. The molecule has 146 valence electrons. The van der Waals surface area contributed by atoms with Gasteiger partial charge in [0.2, 0.25) is 17.7 Å². The topological polar surface area (TPSA) is 75.7 Å². The maximum Gasteiger partial charge on any atom is 0.233 e. The molecule has 0 aromatic heterocycles. The SMILES string of the molecule is O=C(CCN1C(=O)[C@H]2CCCC[C@@H]2C1=O)NCCCOc1ccccc1F. The number of carbonyl (C=O) groups is 3. The summed E-state index contributed by atoms with van der Waals surface area (Å²) in [7, 11) is 0. The number of ether oxygens (including phenoxy) is 1. The molecule has 1 N–H and O–H groups in total. The van der Waals surface area contributed by atoms with Crippen LogP contribution in [0.3, 0.4) is 0 Å². The Morgan fingerprint density at radius 1 is 1.15 bits per heavy atom. The number of para-hydroxylation sites is 1. The van der Waals surface area contributed by atoms with Gasteiger partial charge in [0, 0.05) is 19.5 Å². The lowest BCUT2D eigenvalue weighted by atomic mass is 9.81. The normalized spacial score (nSPS) is 21.9. The molecule has 2 fully saturated rings. The van der Waals surface area contributed by atoms with Crippen LogP contribution in [-0.4, -0.2) is 42.3 Å². The van der Waals surface area contributed by atoms with E-state index >= 15 is 0 Å². The van der Waals surface area contributed by atoms with Crippen LogP contribution in [0.2, 0.25) is 0 Å². The number of likely N-dealkylation sites (tertiary alicyclic amines) is 1. The minimum absolute atomic E-state index is 0.102. The third kappa shape index (κ3) is 4.64. The smallest absolute Gasteiger partial charge is 0.233 e. The predicted molar refractivity (Wildman–Crippen MR) is 96.3 cm³/mol. The number of nitrogens with one attached hydrogen (secondary N) is 1. The van der Waals surface area contributed by atoms with Crippen LogP contribution in [0.25, 0.3) is 0 Å². The molecule has 0 spiro atoms. The molecule has 0 bridgehead atoms. The Kier molecular flexibility index (Phi) is 6.42. The molecule has 1 aromatic rings. The van der Waals surface area contributed by atoms with Crippen molar-refractivity contribution in [3.05, 3.63) is 30.1 Å². The van der Waals surface area contributed by atoms with E-state index in [9.17, 15) is 18.8 Å². The average molecular weight is 376 g/mol. The van der Waals surface area contributed by atoms with Crippen molar-refractivity contribution >= 4 is 17.7 Å². The van der Waals surface area contributed by atoms with Crippen molar-refractivity contribution in [2.24, 2.45) is 11.8 Å². The molecule has 2 aliphatic rings. The maximum absolute atomic E-state index is 13.4. The van der Waals surface area contributed by atoms with Gasteiger partial charge in [-0.3, -0.25) is 19.3 Å². The summed E-state index contributed by atoms with van der Waals surface area (Å²) in [5.74, 6) is -1.02. The zero-order valence-corrected chi connectivity index (χ0v) is 15.3. The second-order valence-corrected chi connectivity index (χ2v) is 7.06. The van der Waals surface area contributed by atoms with Gasteiger partial charge in [0.1, 0.15) is 0 Å². The number of amides is 3. The number of carbonyl (C=O) groups excluding carboxylic acids is 3. The van der Waals surface area contributed by atoms with Gasteiger partial charge in [0.05, 0.1) is 18.4 Å². The molecule has 6 nitrogen and oxygen atoms in total. The van der Waals surface area contributed by atoms with E-state index in [2.05, 4.69) is 5.32 Å². The molecule has 3 rings (SSSR count). The fourth-order valence-electron chi connectivity index (χ4n) is 3.80. The van der Waals surface area contributed by atoms with E-state index in [4.69, 9.17) is 4.74 Å². The zero-order valence-electron chi connectivity index (χ0n) is 15.3. The number of hydrogen-bond donors (Lipinski definition) is 1. The van der Waals surface area contributed by atoms with Crippen LogP contribution in [0.15, 0.2) is 24.3 Å². The lowest BCUT2D eigenvalue weighted by Crippen LogP contribution is -2.35. The first-order valence-corrected chi connectivity index (χ1v) is 9.57. The van der Waals surface area contributed by atoms with Crippen LogP contribution < -0.4 is 10.1 Å². The lowest BCUT2D eigenvalue weighted by molar-refractivity contribution is -0.140. The highest BCUT2D eigenvalue weighted by Crippen LogP contribution is 2.37. The summed E-state index contributed by atoms with van der Waals surface area (Å²) >= 11 is 0. The first kappa shape index (κ1) is 19.3. The number of imide groups is 1. The van der Waals surface area contributed by atoms with Gasteiger partial charge >= 0.3 is 0 Å². The highest BCUT2D eigenvalue weighted by atomic mass is 19.1. The van der Waals surface area contributed by atoms with Crippen LogP contribution in [-0.2, 0) is 14.4 Å². The molecule has 3 amide bonds. The van der Waals surface area contributed by atoms with Crippen molar-refractivity contribution in [3.8, 4) is 5.75 Å².